The van der Waals surface area contributed by atoms with E-state index < -0.39 is 0 Å². The first-order valence-electron chi connectivity index (χ1n) is 4.11. The molecular formula is C10H10N3. The second-order valence-electron chi connectivity index (χ2n) is 2.76. The molecule has 13 heavy (non-hydrogen) atoms. The van der Waals surface area contributed by atoms with Crippen LogP contribution in [-0.2, 0) is 6.54 Å². The van der Waals surface area contributed by atoms with Crippen LogP contribution < -0.4 is 5.73 Å². The molecule has 3 heteroatoms. The molecule has 0 saturated carbocycles. The molecule has 2 N–H and O–H groups in total. The van der Waals surface area contributed by atoms with Crippen LogP contribution in [0, 0.1) is 6.20 Å². The highest BCUT2D eigenvalue weighted by atomic mass is 15.3. The quantitative estimate of drug-likeness (QED) is 0.738. The molecule has 0 fully saturated rings. The predicted molar refractivity (Wildman–Crippen MR) is 50.3 cm³/mol. The monoisotopic (exact) mass is 172 g/mol. The first-order chi connectivity index (χ1) is 6.40. The molecule has 1 heterocycles. The van der Waals surface area contributed by atoms with Crippen molar-refractivity contribution in [3.63, 3.8) is 0 Å². The van der Waals surface area contributed by atoms with Gasteiger partial charge in [0.2, 0.25) is 0 Å². The fourth-order valence-electron chi connectivity index (χ4n) is 1.16. The number of nitrogens with two attached hydrogens (primary N) is 1. The summed E-state index contributed by atoms with van der Waals surface area (Å²) >= 11 is 0. The average Bonchev–Trinajstić information content (AvgIpc) is 2.71. The normalized spacial score (nSPS) is 10.2. The first-order valence-corrected chi connectivity index (χ1v) is 4.11. The maximum atomic E-state index is 5.49. The van der Waals surface area contributed by atoms with Crippen molar-refractivity contribution in [3.8, 4) is 5.69 Å². The Bertz CT molecular complexity index is 362. The fourth-order valence-corrected chi connectivity index (χ4v) is 1.16. The van der Waals surface area contributed by atoms with Crippen molar-refractivity contribution in [1.29, 1.82) is 0 Å². The van der Waals surface area contributed by atoms with Crippen molar-refractivity contribution in [2.24, 2.45) is 5.73 Å². The van der Waals surface area contributed by atoms with E-state index in [4.69, 9.17) is 5.73 Å². The van der Waals surface area contributed by atoms with Crippen LogP contribution in [0.5, 0.6) is 0 Å². The van der Waals surface area contributed by atoms with Gasteiger partial charge in [-0.3, -0.25) is 0 Å². The van der Waals surface area contributed by atoms with E-state index in [2.05, 4.69) is 11.3 Å². The SMILES string of the molecule is NCc1ccc(-n2cc[c]n2)cc1. The molecule has 2 rings (SSSR count). The molecule has 1 radical (unpaired) electrons. The van der Waals surface area contributed by atoms with Crippen molar-refractivity contribution in [1.82, 2.24) is 9.78 Å². The van der Waals surface area contributed by atoms with Gasteiger partial charge in [0.25, 0.3) is 0 Å². The Morgan fingerprint density at radius 3 is 2.62 bits per heavy atom. The fraction of sp³-hybridized carbons (Fsp3) is 0.100. The zero-order chi connectivity index (χ0) is 9.10. The van der Waals surface area contributed by atoms with Crippen LogP contribution in [0.15, 0.2) is 36.5 Å². The highest BCUT2D eigenvalue weighted by molar-refractivity contribution is 5.33. The van der Waals surface area contributed by atoms with Gasteiger partial charge in [-0.1, -0.05) is 12.1 Å². The van der Waals surface area contributed by atoms with E-state index in [9.17, 15) is 0 Å². The molecule has 0 aliphatic heterocycles. The Kier molecular flexibility index (Phi) is 2.10. The molecule has 0 unspecified atom stereocenters. The zero-order valence-electron chi connectivity index (χ0n) is 7.14. The smallest absolute Gasteiger partial charge is 0.113 e. The van der Waals surface area contributed by atoms with Crippen LogP contribution in [0.25, 0.3) is 5.69 Å². The summed E-state index contributed by atoms with van der Waals surface area (Å²) in [6, 6.07) is 9.75. The van der Waals surface area contributed by atoms with E-state index in [-0.39, 0.29) is 0 Å². The van der Waals surface area contributed by atoms with Crippen LogP contribution in [0.2, 0.25) is 0 Å². The number of hydrogen-bond donors (Lipinski definition) is 1. The summed E-state index contributed by atoms with van der Waals surface area (Å²) in [4.78, 5) is 0. The lowest BCUT2D eigenvalue weighted by atomic mass is 10.2. The van der Waals surface area contributed by atoms with Crippen molar-refractivity contribution in [3.05, 3.63) is 48.3 Å². The third-order valence-electron chi connectivity index (χ3n) is 1.89. The van der Waals surface area contributed by atoms with E-state index in [1.54, 1.807) is 10.7 Å². The minimum atomic E-state index is 0.575. The van der Waals surface area contributed by atoms with Gasteiger partial charge >= 0.3 is 0 Å². The van der Waals surface area contributed by atoms with E-state index in [1.165, 1.54) is 0 Å². The minimum Gasteiger partial charge on any atom is -0.326 e. The summed E-state index contributed by atoms with van der Waals surface area (Å²) in [7, 11) is 0. The van der Waals surface area contributed by atoms with Gasteiger partial charge in [-0.2, -0.15) is 5.10 Å². The van der Waals surface area contributed by atoms with Crippen molar-refractivity contribution < 1.29 is 0 Å². The number of hydrogen-bond acceptors (Lipinski definition) is 2. The lowest BCUT2D eigenvalue weighted by molar-refractivity contribution is 0.875. The van der Waals surface area contributed by atoms with Gasteiger partial charge in [-0.25, -0.2) is 4.68 Å². The van der Waals surface area contributed by atoms with Crippen LogP contribution in [0.3, 0.4) is 0 Å². The first kappa shape index (κ1) is 8.01. The van der Waals surface area contributed by atoms with E-state index in [1.807, 2.05) is 30.5 Å². The van der Waals surface area contributed by atoms with Gasteiger partial charge in [0.05, 0.1) is 5.69 Å². The van der Waals surface area contributed by atoms with Gasteiger partial charge < -0.3 is 5.73 Å². The Balaban J connectivity index is 2.33. The minimum absolute atomic E-state index is 0.575. The Morgan fingerprint density at radius 1 is 1.31 bits per heavy atom. The average molecular weight is 172 g/mol. The van der Waals surface area contributed by atoms with Gasteiger partial charge in [0.15, 0.2) is 0 Å². The van der Waals surface area contributed by atoms with Gasteiger partial charge in [-0.15, -0.1) is 0 Å². The molecule has 0 aliphatic rings. The number of nitrogens with zero attached hydrogens (tertiary/aromatic N) is 2. The summed E-state index contributed by atoms with van der Waals surface area (Å²) < 4.78 is 1.76. The van der Waals surface area contributed by atoms with Crippen LogP contribution in [-0.4, -0.2) is 9.78 Å². The summed E-state index contributed by atoms with van der Waals surface area (Å²) in [6.07, 6.45) is 4.60. The van der Waals surface area contributed by atoms with Crippen molar-refractivity contribution >= 4 is 0 Å². The summed E-state index contributed by atoms with van der Waals surface area (Å²) in [5.74, 6) is 0. The molecule has 3 nitrogen and oxygen atoms in total. The molecule has 0 bridgehead atoms. The van der Waals surface area contributed by atoms with E-state index >= 15 is 0 Å². The van der Waals surface area contributed by atoms with Crippen LogP contribution in [0.1, 0.15) is 5.56 Å². The number of aromatic nitrogens is 2. The van der Waals surface area contributed by atoms with Crippen molar-refractivity contribution in [2.75, 3.05) is 0 Å². The highest BCUT2D eigenvalue weighted by Crippen LogP contribution is 2.07. The summed E-state index contributed by atoms with van der Waals surface area (Å²) in [5, 5.41) is 4.00. The highest BCUT2D eigenvalue weighted by Gasteiger charge is 1.94. The standard InChI is InChI=1S/C10H10N3/c11-8-9-2-4-10(5-3-9)13-7-1-6-12-13/h1-5,7H,8,11H2. The predicted octanol–water partition coefficient (Wildman–Crippen LogP) is 1.13. The second-order valence-corrected chi connectivity index (χ2v) is 2.76. The molecule has 1 aromatic carbocycles. The maximum absolute atomic E-state index is 5.49. The molecule has 2 aromatic rings. The lowest BCUT2D eigenvalue weighted by Gasteiger charge is -2.01. The maximum Gasteiger partial charge on any atom is 0.113 e. The van der Waals surface area contributed by atoms with E-state index in [0.717, 1.165) is 11.3 Å². The third kappa shape index (κ3) is 1.60. The Morgan fingerprint density at radius 2 is 2.08 bits per heavy atom. The Hall–Kier alpha value is -1.61. The molecular weight excluding hydrogens is 162 g/mol. The van der Waals surface area contributed by atoms with Gasteiger partial charge in [0.1, 0.15) is 6.20 Å². The van der Waals surface area contributed by atoms with Gasteiger partial charge in [-0.05, 0) is 23.8 Å². The lowest BCUT2D eigenvalue weighted by Crippen LogP contribution is -1.98. The molecule has 1 aromatic heterocycles. The topological polar surface area (TPSA) is 43.8 Å². The molecule has 0 spiro atoms. The van der Waals surface area contributed by atoms with Gasteiger partial charge in [0, 0.05) is 12.7 Å². The molecule has 65 valence electrons. The molecule has 0 aliphatic carbocycles. The second kappa shape index (κ2) is 3.41. The van der Waals surface area contributed by atoms with Crippen molar-refractivity contribution in [2.45, 2.75) is 6.54 Å². The molecule has 0 atom stereocenters. The van der Waals surface area contributed by atoms with Crippen LogP contribution in [0.4, 0.5) is 0 Å². The summed E-state index contributed by atoms with van der Waals surface area (Å²) in [5.41, 5.74) is 7.64. The third-order valence-corrected chi connectivity index (χ3v) is 1.89. The molecule has 0 amide bonds. The number of rotatable bonds is 2. The van der Waals surface area contributed by atoms with Crippen LogP contribution >= 0.6 is 0 Å². The Labute approximate surface area is 76.8 Å². The molecule has 0 saturated heterocycles. The van der Waals surface area contributed by atoms with E-state index in [0.29, 0.717) is 6.54 Å². The number of benzene rings is 1. The summed E-state index contributed by atoms with van der Waals surface area (Å²) in [6.45, 7) is 0.575. The zero-order valence-corrected chi connectivity index (χ0v) is 7.14. The largest absolute Gasteiger partial charge is 0.326 e.